The molecule has 0 amide bonds. The number of nitrogens with zero attached hydrogens (tertiary/aromatic N) is 1. The predicted molar refractivity (Wildman–Crippen MR) is 82.1 cm³/mol. The molecule has 1 aromatic carbocycles. The minimum atomic E-state index is -0.513. The molecule has 1 aliphatic heterocycles. The first-order chi connectivity index (χ1) is 10.0. The summed E-state index contributed by atoms with van der Waals surface area (Å²) in [5.74, 6) is -0.451. The Labute approximate surface area is 126 Å². The lowest BCUT2D eigenvalue weighted by molar-refractivity contribution is 0.0874. The van der Waals surface area contributed by atoms with Gasteiger partial charge in [-0.15, -0.1) is 0 Å². The lowest BCUT2D eigenvalue weighted by atomic mass is 9.96. The van der Waals surface area contributed by atoms with Crippen molar-refractivity contribution in [2.75, 3.05) is 13.1 Å². The summed E-state index contributed by atoms with van der Waals surface area (Å²) in [6.07, 6.45) is 2.27. The summed E-state index contributed by atoms with van der Waals surface area (Å²) in [4.78, 5) is 2.35. The van der Waals surface area contributed by atoms with Crippen LogP contribution in [-0.4, -0.2) is 30.1 Å². The third kappa shape index (κ3) is 4.24. The van der Waals surface area contributed by atoms with Crippen LogP contribution in [0.5, 0.6) is 0 Å². The highest BCUT2D eigenvalue weighted by atomic mass is 19.1. The van der Waals surface area contributed by atoms with Gasteiger partial charge >= 0.3 is 0 Å². The molecule has 1 heterocycles. The van der Waals surface area contributed by atoms with Crippen LogP contribution < -0.4 is 5.32 Å². The molecule has 2 nitrogen and oxygen atoms in total. The third-order valence-electron chi connectivity index (χ3n) is 4.33. The van der Waals surface area contributed by atoms with Crippen LogP contribution in [0.25, 0.3) is 0 Å². The molecular weight excluding hydrogens is 270 g/mol. The molecule has 1 saturated heterocycles. The van der Waals surface area contributed by atoms with Crippen LogP contribution >= 0.6 is 0 Å². The Balaban J connectivity index is 2.11. The molecule has 0 aliphatic carbocycles. The van der Waals surface area contributed by atoms with Crippen molar-refractivity contribution in [3.05, 3.63) is 35.4 Å². The molecule has 0 spiro atoms. The van der Waals surface area contributed by atoms with Crippen molar-refractivity contribution in [2.24, 2.45) is 5.92 Å². The first-order valence-electron chi connectivity index (χ1n) is 7.92. The van der Waals surface area contributed by atoms with Gasteiger partial charge in [-0.05, 0) is 18.4 Å². The summed E-state index contributed by atoms with van der Waals surface area (Å²) in [6, 6.07) is 4.75. The Morgan fingerprint density at radius 2 is 2.10 bits per heavy atom. The minimum absolute atomic E-state index is 0.391. The van der Waals surface area contributed by atoms with Crippen molar-refractivity contribution in [3.8, 4) is 0 Å². The Kier molecular flexibility index (Phi) is 5.71. The van der Waals surface area contributed by atoms with Gasteiger partial charge in [0.15, 0.2) is 0 Å². The standard InChI is InChI=1S/C17H26F2N2/c1-4-5-15-11-21(17(9-20-15)12(2)3)10-13-6-7-14(18)8-16(13)19/h6-8,12,15,17,20H,4-5,9-11H2,1-3H3. The number of halogens is 2. The van der Waals surface area contributed by atoms with Gasteiger partial charge in [-0.25, -0.2) is 8.78 Å². The average Bonchev–Trinajstić information content (AvgIpc) is 2.42. The van der Waals surface area contributed by atoms with E-state index >= 15 is 0 Å². The lowest BCUT2D eigenvalue weighted by Gasteiger charge is -2.42. The van der Waals surface area contributed by atoms with Crippen LogP contribution in [0.3, 0.4) is 0 Å². The van der Waals surface area contributed by atoms with Crippen LogP contribution in [-0.2, 0) is 6.54 Å². The van der Waals surface area contributed by atoms with Crippen molar-refractivity contribution in [3.63, 3.8) is 0 Å². The molecule has 1 aromatic rings. The van der Waals surface area contributed by atoms with E-state index in [1.165, 1.54) is 6.07 Å². The Morgan fingerprint density at radius 3 is 2.71 bits per heavy atom. The Hall–Kier alpha value is -1.00. The Bertz CT molecular complexity index is 462. The van der Waals surface area contributed by atoms with Crippen molar-refractivity contribution in [1.82, 2.24) is 10.2 Å². The van der Waals surface area contributed by atoms with Crippen LogP contribution in [0.2, 0.25) is 0 Å². The molecule has 118 valence electrons. The van der Waals surface area contributed by atoms with E-state index in [-0.39, 0.29) is 0 Å². The largest absolute Gasteiger partial charge is 0.311 e. The van der Waals surface area contributed by atoms with Gasteiger partial charge in [-0.2, -0.15) is 0 Å². The summed E-state index contributed by atoms with van der Waals surface area (Å²) >= 11 is 0. The summed E-state index contributed by atoms with van der Waals surface area (Å²) in [7, 11) is 0. The summed E-state index contributed by atoms with van der Waals surface area (Å²) in [5.41, 5.74) is 0.583. The van der Waals surface area contributed by atoms with Gasteiger partial charge in [-0.3, -0.25) is 4.90 Å². The molecular formula is C17H26F2N2. The first kappa shape index (κ1) is 16.4. The fraction of sp³-hybridized carbons (Fsp3) is 0.647. The van der Waals surface area contributed by atoms with Gasteiger partial charge in [0.1, 0.15) is 11.6 Å². The second-order valence-electron chi connectivity index (χ2n) is 6.37. The van der Waals surface area contributed by atoms with Crippen LogP contribution in [0.15, 0.2) is 18.2 Å². The molecule has 0 radical (unpaired) electrons. The van der Waals surface area contributed by atoms with Crippen LogP contribution in [0.4, 0.5) is 8.78 Å². The average molecular weight is 296 g/mol. The quantitative estimate of drug-likeness (QED) is 0.893. The topological polar surface area (TPSA) is 15.3 Å². The summed E-state index contributed by atoms with van der Waals surface area (Å²) in [5, 5.41) is 3.60. The fourth-order valence-corrected chi connectivity index (χ4v) is 3.15. The number of hydrogen-bond acceptors (Lipinski definition) is 2. The van der Waals surface area contributed by atoms with Crippen LogP contribution in [0.1, 0.15) is 39.2 Å². The van der Waals surface area contributed by atoms with E-state index in [9.17, 15) is 8.78 Å². The zero-order valence-electron chi connectivity index (χ0n) is 13.2. The van der Waals surface area contributed by atoms with Gasteiger partial charge in [0, 0.05) is 43.3 Å². The van der Waals surface area contributed by atoms with Gasteiger partial charge in [0.25, 0.3) is 0 Å². The number of rotatable bonds is 5. The minimum Gasteiger partial charge on any atom is -0.311 e. The SMILES string of the molecule is CCCC1CN(Cc2ccc(F)cc2F)C(C(C)C)CN1. The van der Waals surface area contributed by atoms with E-state index in [1.54, 1.807) is 6.07 Å². The van der Waals surface area contributed by atoms with E-state index in [4.69, 9.17) is 0 Å². The van der Waals surface area contributed by atoms with Crippen molar-refractivity contribution >= 4 is 0 Å². The third-order valence-corrected chi connectivity index (χ3v) is 4.33. The second-order valence-corrected chi connectivity index (χ2v) is 6.37. The lowest BCUT2D eigenvalue weighted by Crippen LogP contribution is -2.57. The normalized spacial score (nSPS) is 23.7. The van der Waals surface area contributed by atoms with Crippen molar-refractivity contribution in [1.29, 1.82) is 0 Å². The molecule has 2 atom stereocenters. The van der Waals surface area contributed by atoms with E-state index < -0.39 is 11.6 Å². The van der Waals surface area contributed by atoms with Gasteiger partial charge < -0.3 is 5.32 Å². The molecule has 1 N–H and O–H groups in total. The summed E-state index contributed by atoms with van der Waals surface area (Å²) < 4.78 is 26.9. The van der Waals surface area contributed by atoms with E-state index in [0.29, 0.717) is 30.1 Å². The summed E-state index contributed by atoms with van der Waals surface area (Å²) in [6.45, 7) is 8.98. The van der Waals surface area contributed by atoms with Gasteiger partial charge in [-0.1, -0.05) is 33.3 Å². The maximum atomic E-state index is 13.9. The number of piperazine rings is 1. The predicted octanol–water partition coefficient (Wildman–Crippen LogP) is 3.56. The van der Waals surface area contributed by atoms with E-state index in [1.807, 2.05) is 0 Å². The smallest absolute Gasteiger partial charge is 0.130 e. The molecule has 4 heteroatoms. The molecule has 0 aromatic heterocycles. The molecule has 0 bridgehead atoms. The molecule has 1 aliphatic rings. The molecule has 0 saturated carbocycles. The molecule has 2 unspecified atom stereocenters. The molecule has 21 heavy (non-hydrogen) atoms. The highest BCUT2D eigenvalue weighted by molar-refractivity contribution is 5.18. The fourth-order valence-electron chi connectivity index (χ4n) is 3.15. The number of nitrogens with one attached hydrogen (secondary N) is 1. The number of benzene rings is 1. The molecule has 2 rings (SSSR count). The first-order valence-corrected chi connectivity index (χ1v) is 7.92. The zero-order valence-corrected chi connectivity index (χ0v) is 13.2. The van der Waals surface area contributed by atoms with Crippen LogP contribution in [0, 0.1) is 17.6 Å². The highest BCUT2D eigenvalue weighted by Gasteiger charge is 2.29. The van der Waals surface area contributed by atoms with Crippen molar-refractivity contribution < 1.29 is 8.78 Å². The van der Waals surface area contributed by atoms with E-state index in [0.717, 1.165) is 32.0 Å². The van der Waals surface area contributed by atoms with Gasteiger partial charge in [0.05, 0.1) is 0 Å². The second kappa shape index (κ2) is 7.32. The molecule has 1 fully saturated rings. The monoisotopic (exact) mass is 296 g/mol. The van der Waals surface area contributed by atoms with E-state index in [2.05, 4.69) is 31.0 Å². The zero-order chi connectivity index (χ0) is 15.4. The maximum Gasteiger partial charge on any atom is 0.130 e. The maximum absolute atomic E-state index is 13.9. The highest BCUT2D eigenvalue weighted by Crippen LogP contribution is 2.21. The van der Waals surface area contributed by atoms with Gasteiger partial charge in [0.2, 0.25) is 0 Å². The van der Waals surface area contributed by atoms with Crippen molar-refractivity contribution in [2.45, 2.75) is 52.2 Å². The number of hydrogen-bond donors (Lipinski definition) is 1. The Morgan fingerprint density at radius 1 is 1.33 bits per heavy atom.